The SMILES string of the molecule is CC(C)(C)OOC1CCCCC1.CC1CCCC(C)(C)C1. The zero-order chi connectivity index (χ0) is 15.9. The van der Waals surface area contributed by atoms with Gasteiger partial charge < -0.3 is 0 Å². The molecular formula is C19H38O2. The fraction of sp³-hybridized carbons (Fsp3) is 1.00. The van der Waals surface area contributed by atoms with E-state index in [4.69, 9.17) is 9.78 Å². The molecule has 2 nitrogen and oxygen atoms in total. The van der Waals surface area contributed by atoms with Gasteiger partial charge in [0.05, 0.1) is 11.7 Å². The lowest BCUT2D eigenvalue weighted by Gasteiger charge is -2.33. The van der Waals surface area contributed by atoms with Gasteiger partial charge in [0.15, 0.2) is 0 Å². The van der Waals surface area contributed by atoms with E-state index in [9.17, 15) is 0 Å². The molecule has 2 fully saturated rings. The Morgan fingerprint density at radius 2 is 1.52 bits per heavy atom. The molecular weight excluding hydrogens is 260 g/mol. The maximum Gasteiger partial charge on any atom is 0.0952 e. The van der Waals surface area contributed by atoms with Gasteiger partial charge in [0.25, 0.3) is 0 Å². The third kappa shape index (κ3) is 9.52. The minimum Gasteiger partial charge on any atom is -0.233 e. The summed E-state index contributed by atoms with van der Waals surface area (Å²) in [5.74, 6) is 0.980. The van der Waals surface area contributed by atoms with Gasteiger partial charge in [-0.1, -0.05) is 52.9 Å². The van der Waals surface area contributed by atoms with E-state index < -0.39 is 0 Å². The minimum absolute atomic E-state index is 0.169. The normalized spacial score (nSPS) is 26.9. The molecule has 2 rings (SSSR count). The Morgan fingerprint density at radius 1 is 0.905 bits per heavy atom. The molecule has 0 aromatic rings. The third-order valence-electron chi connectivity index (χ3n) is 4.44. The average Bonchev–Trinajstić information content (AvgIpc) is 2.36. The monoisotopic (exact) mass is 298 g/mol. The van der Waals surface area contributed by atoms with Crippen LogP contribution in [0.4, 0.5) is 0 Å². The summed E-state index contributed by atoms with van der Waals surface area (Å²) in [5.41, 5.74) is 0.481. The van der Waals surface area contributed by atoms with Crippen molar-refractivity contribution in [3.63, 3.8) is 0 Å². The van der Waals surface area contributed by atoms with Gasteiger partial charge in [0.1, 0.15) is 0 Å². The van der Waals surface area contributed by atoms with Crippen LogP contribution in [-0.2, 0) is 9.78 Å². The van der Waals surface area contributed by atoms with Gasteiger partial charge in [0.2, 0.25) is 0 Å². The van der Waals surface area contributed by atoms with Crippen LogP contribution in [0.25, 0.3) is 0 Å². The average molecular weight is 299 g/mol. The van der Waals surface area contributed by atoms with E-state index in [2.05, 4.69) is 20.8 Å². The summed E-state index contributed by atoms with van der Waals surface area (Å²) in [4.78, 5) is 10.6. The predicted octanol–water partition coefficient (Wildman–Crippen LogP) is 6.29. The largest absolute Gasteiger partial charge is 0.233 e. The molecule has 21 heavy (non-hydrogen) atoms. The molecule has 2 saturated carbocycles. The van der Waals surface area contributed by atoms with Crippen molar-refractivity contribution in [2.45, 2.75) is 111 Å². The Balaban J connectivity index is 0.000000219. The first kappa shape index (κ1) is 19.0. The van der Waals surface area contributed by atoms with Crippen molar-refractivity contribution in [3.05, 3.63) is 0 Å². The molecule has 2 aliphatic carbocycles. The summed E-state index contributed by atoms with van der Waals surface area (Å²) in [7, 11) is 0. The zero-order valence-corrected chi connectivity index (χ0v) is 15.3. The van der Waals surface area contributed by atoms with Gasteiger partial charge in [-0.3, -0.25) is 0 Å². The number of hydrogen-bond donors (Lipinski definition) is 0. The first-order chi connectivity index (χ1) is 9.68. The fourth-order valence-corrected chi connectivity index (χ4v) is 3.45. The van der Waals surface area contributed by atoms with Gasteiger partial charge in [-0.2, -0.15) is 0 Å². The Kier molecular flexibility index (Phi) is 7.70. The van der Waals surface area contributed by atoms with Gasteiger partial charge in [-0.15, -0.1) is 0 Å². The summed E-state index contributed by atoms with van der Waals surface area (Å²) in [6.07, 6.45) is 12.4. The fourth-order valence-electron chi connectivity index (χ4n) is 3.45. The molecule has 1 atom stereocenters. The molecule has 0 bridgehead atoms. The second-order valence-corrected chi connectivity index (χ2v) is 8.92. The third-order valence-corrected chi connectivity index (χ3v) is 4.44. The van der Waals surface area contributed by atoms with Crippen molar-refractivity contribution in [1.82, 2.24) is 0 Å². The summed E-state index contributed by atoms with van der Waals surface area (Å²) >= 11 is 0. The lowest BCUT2D eigenvalue weighted by molar-refractivity contribution is -0.376. The highest BCUT2D eigenvalue weighted by Gasteiger charge is 2.24. The lowest BCUT2D eigenvalue weighted by Crippen LogP contribution is -2.25. The lowest BCUT2D eigenvalue weighted by atomic mass is 9.73. The molecule has 0 aromatic carbocycles. The number of rotatable bonds is 2. The van der Waals surface area contributed by atoms with Crippen LogP contribution in [0.5, 0.6) is 0 Å². The topological polar surface area (TPSA) is 18.5 Å². The van der Waals surface area contributed by atoms with Crippen LogP contribution in [0, 0.1) is 11.3 Å². The van der Waals surface area contributed by atoms with Crippen molar-refractivity contribution < 1.29 is 9.78 Å². The van der Waals surface area contributed by atoms with Crippen LogP contribution in [-0.4, -0.2) is 11.7 Å². The Bertz CT molecular complexity index is 272. The van der Waals surface area contributed by atoms with Gasteiger partial charge in [-0.05, 0) is 57.8 Å². The van der Waals surface area contributed by atoms with Gasteiger partial charge >= 0.3 is 0 Å². The summed E-state index contributed by atoms with van der Waals surface area (Å²) in [6, 6.07) is 0. The predicted molar refractivity (Wildman–Crippen MR) is 90.2 cm³/mol. The molecule has 0 aromatic heterocycles. The summed E-state index contributed by atoms with van der Waals surface area (Å²) < 4.78 is 0. The van der Waals surface area contributed by atoms with Crippen molar-refractivity contribution in [1.29, 1.82) is 0 Å². The van der Waals surface area contributed by atoms with E-state index in [1.54, 1.807) is 0 Å². The second kappa shape index (κ2) is 8.53. The molecule has 2 heteroatoms. The highest BCUT2D eigenvalue weighted by molar-refractivity contribution is 4.76. The van der Waals surface area contributed by atoms with Crippen LogP contribution in [0.3, 0.4) is 0 Å². The molecule has 0 heterocycles. The van der Waals surface area contributed by atoms with Crippen LogP contribution in [0.1, 0.15) is 99.3 Å². The first-order valence-corrected chi connectivity index (χ1v) is 9.02. The maximum absolute atomic E-state index is 5.35. The first-order valence-electron chi connectivity index (χ1n) is 9.02. The molecule has 126 valence electrons. The van der Waals surface area contributed by atoms with E-state index in [-0.39, 0.29) is 5.60 Å². The second-order valence-electron chi connectivity index (χ2n) is 8.92. The van der Waals surface area contributed by atoms with Crippen LogP contribution >= 0.6 is 0 Å². The molecule has 0 spiro atoms. The van der Waals surface area contributed by atoms with E-state index in [1.165, 1.54) is 44.9 Å². The molecule has 0 amide bonds. The highest BCUT2D eigenvalue weighted by Crippen LogP contribution is 2.37. The highest BCUT2D eigenvalue weighted by atomic mass is 17.2. The van der Waals surface area contributed by atoms with E-state index >= 15 is 0 Å². The molecule has 0 N–H and O–H groups in total. The Labute approximate surface area is 132 Å². The van der Waals surface area contributed by atoms with Crippen molar-refractivity contribution in [2.24, 2.45) is 11.3 Å². The van der Waals surface area contributed by atoms with Crippen molar-refractivity contribution in [2.75, 3.05) is 0 Å². The molecule has 0 aliphatic heterocycles. The smallest absolute Gasteiger partial charge is 0.0952 e. The van der Waals surface area contributed by atoms with E-state index in [1.807, 2.05) is 20.8 Å². The molecule has 2 aliphatic rings. The van der Waals surface area contributed by atoms with Crippen molar-refractivity contribution in [3.8, 4) is 0 Å². The summed E-state index contributed by atoms with van der Waals surface area (Å²) in [6.45, 7) is 13.2. The maximum atomic E-state index is 5.35. The van der Waals surface area contributed by atoms with E-state index in [0.29, 0.717) is 11.5 Å². The Morgan fingerprint density at radius 3 is 1.95 bits per heavy atom. The zero-order valence-electron chi connectivity index (χ0n) is 15.3. The van der Waals surface area contributed by atoms with Gasteiger partial charge in [-0.25, -0.2) is 9.78 Å². The van der Waals surface area contributed by atoms with E-state index in [0.717, 1.165) is 18.8 Å². The molecule has 0 radical (unpaired) electrons. The number of hydrogen-bond acceptors (Lipinski definition) is 2. The standard InChI is InChI=1S/C10H20O2.C9H18/c1-10(2,3)12-11-9-7-5-4-6-8-9;1-8-5-4-6-9(2,3)7-8/h9H,4-8H2,1-3H3;8H,4-7H2,1-3H3. The molecule has 0 saturated heterocycles. The van der Waals surface area contributed by atoms with Crippen LogP contribution in [0.15, 0.2) is 0 Å². The van der Waals surface area contributed by atoms with Crippen molar-refractivity contribution >= 4 is 0 Å². The Hall–Kier alpha value is -0.0800. The molecule has 1 unspecified atom stereocenters. The van der Waals surface area contributed by atoms with Gasteiger partial charge in [0, 0.05) is 0 Å². The van der Waals surface area contributed by atoms with Crippen LogP contribution in [0.2, 0.25) is 0 Å². The minimum atomic E-state index is -0.169. The van der Waals surface area contributed by atoms with Crippen LogP contribution < -0.4 is 0 Å². The summed E-state index contributed by atoms with van der Waals surface area (Å²) in [5, 5.41) is 0. The quantitative estimate of drug-likeness (QED) is 0.440.